The molecule has 0 radical (unpaired) electrons. The van der Waals surface area contributed by atoms with Gasteiger partial charge in [-0.1, -0.05) is 0 Å². The van der Waals surface area contributed by atoms with Crippen molar-refractivity contribution < 1.29 is 33.0 Å². The van der Waals surface area contributed by atoms with E-state index in [9.17, 15) is 18.8 Å². The highest BCUT2D eigenvalue weighted by atomic mass is 19.1. The van der Waals surface area contributed by atoms with Crippen LogP contribution >= 0.6 is 0 Å². The zero-order valence-corrected chi connectivity index (χ0v) is 21.1. The molecule has 11 nitrogen and oxygen atoms in total. The highest BCUT2D eigenvalue weighted by Gasteiger charge is 2.35. The van der Waals surface area contributed by atoms with Crippen LogP contribution in [0.5, 0.6) is 17.2 Å². The van der Waals surface area contributed by atoms with Crippen molar-refractivity contribution in [2.75, 3.05) is 26.8 Å². The Morgan fingerprint density at radius 3 is 2.82 bits per heavy atom. The van der Waals surface area contributed by atoms with Crippen LogP contribution in [-0.2, 0) is 11.3 Å². The van der Waals surface area contributed by atoms with E-state index in [0.717, 1.165) is 0 Å². The maximum atomic E-state index is 14.5. The minimum absolute atomic E-state index is 0.0578. The molecular weight excluding hydrogens is 509 g/mol. The summed E-state index contributed by atoms with van der Waals surface area (Å²) < 4.78 is 31.6. The van der Waals surface area contributed by atoms with E-state index >= 15 is 0 Å². The third-order valence-corrected chi connectivity index (χ3v) is 6.47. The molecule has 1 fully saturated rings. The van der Waals surface area contributed by atoms with Crippen LogP contribution in [0, 0.1) is 5.82 Å². The number of carbonyl (C=O) groups excluding carboxylic acids is 3. The minimum Gasteiger partial charge on any atom is -0.493 e. The average Bonchev–Trinajstić information content (AvgIpc) is 2.95. The fourth-order valence-electron chi connectivity index (χ4n) is 4.57. The molecule has 2 atom stereocenters. The number of rotatable bonds is 2. The number of aromatic nitrogens is 2. The number of benzene rings is 2. The molecule has 3 amide bonds. The Morgan fingerprint density at radius 1 is 1.15 bits per heavy atom. The van der Waals surface area contributed by atoms with Crippen LogP contribution in [0.1, 0.15) is 32.7 Å². The van der Waals surface area contributed by atoms with Crippen LogP contribution in [0.3, 0.4) is 0 Å². The normalized spacial score (nSPS) is 19.5. The molecule has 2 N–H and O–H groups in total. The molecule has 4 bridgehead atoms. The molecule has 2 aliphatic heterocycles. The number of ether oxygens (including phenoxy) is 3. The highest BCUT2D eigenvalue weighted by Crippen LogP contribution is 2.29. The van der Waals surface area contributed by atoms with Gasteiger partial charge in [0.05, 0.1) is 31.1 Å². The largest absolute Gasteiger partial charge is 0.493 e. The van der Waals surface area contributed by atoms with E-state index in [0.29, 0.717) is 29.8 Å². The minimum atomic E-state index is -0.624. The summed E-state index contributed by atoms with van der Waals surface area (Å²) in [7, 11) is 1.45. The van der Waals surface area contributed by atoms with Crippen molar-refractivity contribution in [2.24, 2.45) is 0 Å². The van der Waals surface area contributed by atoms with Gasteiger partial charge in [0, 0.05) is 37.7 Å². The van der Waals surface area contributed by atoms with Gasteiger partial charge in [-0.05, 0) is 42.0 Å². The van der Waals surface area contributed by atoms with E-state index in [1.54, 1.807) is 29.2 Å². The van der Waals surface area contributed by atoms with E-state index in [2.05, 4.69) is 20.8 Å². The molecule has 1 saturated heterocycles. The fourth-order valence-corrected chi connectivity index (χ4v) is 4.57. The van der Waals surface area contributed by atoms with Crippen molar-refractivity contribution in [3.63, 3.8) is 0 Å². The predicted molar refractivity (Wildman–Crippen MR) is 135 cm³/mol. The Hall–Kier alpha value is -4.74. The summed E-state index contributed by atoms with van der Waals surface area (Å²) in [6, 6.07) is 9.72. The number of nitrogens with zero attached hydrogens (tertiary/aromatic N) is 3. The summed E-state index contributed by atoms with van der Waals surface area (Å²) in [5, 5.41) is 13.1. The standard InChI is InChI=1S/C27H26FN5O6/c1-37-23-3-2-17-10-24(23)38-15-25(34)32-21-14-33(27(36)18-4-6-30-31-13-18)7-5-22(21)39-20-9-16(8-19(28)11-20)12-29-26(17)35/h2-4,6,8-11,13,21-22H,5,7,12,14-15H2,1H3,(H,29,35)(H,32,34)/t21-,22+/m1/s1. The van der Waals surface area contributed by atoms with Gasteiger partial charge in [-0.15, -0.1) is 0 Å². The lowest BCUT2D eigenvalue weighted by Gasteiger charge is -2.38. The van der Waals surface area contributed by atoms with Crippen LogP contribution in [-0.4, -0.2) is 71.8 Å². The molecule has 202 valence electrons. The summed E-state index contributed by atoms with van der Waals surface area (Å²) in [6.45, 7) is 0.171. The quantitative estimate of drug-likeness (QED) is 0.507. The van der Waals surface area contributed by atoms with Crippen LogP contribution < -0.4 is 24.8 Å². The lowest BCUT2D eigenvalue weighted by molar-refractivity contribution is -0.125. The van der Waals surface area contributed by atoms with Gasteiger partial charge in [-0.25, -0.2) is 4.39 Å². The first-order valence-corrected chi connectivity index (χ1v) is 12.3. The smallest absolute Gasteiger partial charge is 0.258 e. The topological polar surface area (TPSA) is 132 Å². The van der Waals surface area contributed by atoms with Crippen molar-refractivity contribution in [2.45, 2.75) is 25.1 Å². The number of amides is 3. The Kier molecular flexibility index (Phi) is 7.53. The molecule has 3 aromatic rings. The molecule has 12 heteroatoms. The second kappa shape index (κ2) is 11.3. The van der Waals surface area contributed by atoms with Gasteiger partial charge < -0.3 is 29.7 Å². The second-order valence-electron chi connectivity index (χ2n) is 9.13. The first-order chi connectivity index (χ1) is 18.9. The lowest BCUT2D eigenvalue weighted by atomic mass is 10.0. The Bertz CT molecular complexity index is 1390. The van der Waals surface area contributed by atoms with E-state index in [1.807, 2.05) is 0 Å². The second-order valence-corrected chi connectivity index (χ2v) is 9.13. The van der Waals surface area contributed by atoms with Gasteiger partial charge >= 0.3 is 0 Å². The Labute approximate surface area is 223 Å². The van der Waals surface area contributed by atoms with Crippen molar-refractivity contribution in [3.05, 3.63) is 77.4 Å². The number of hydrogen-bond donors (Lipinski definition) is 2. The van der Waals surface area contributed by atoms with Crippen molar-refractivity contribution >= 4 is 17.7 Å². The van der Waals surface area contributed by atoms with Crippen molar-refractivity contribution in [3.8, 4) is 17.2 Å². The predicted octanol–water partition coefficient (Wildman–Crippen LogP) is 1.72. The number of fused-ring (bicyclic) bond motifs is 5. The molecule has 3 heterocycles. The zero-order valence-electron chi connectivity index (χ0n) is 21.1. The highest BCUT2D eigenvalue weighted by molar-refractivity contribution is 5.95. The molecule has 0 saturated carbocycles. The van der Waals surface area contributed by atoms with Gasteiger partial charge in [0.15, 0.2) is 18.1 Å². The van der Waals surface area contributed by atoms with Crippen molar-refractivity contribution in [1.29, 1.82) is 0 Å². The summed E-state index contributed by atoms with van der Waals surface area (Å²) in [5.74, 6) is -0.875. The van der Waals surface area contributed by atoms with E-state index < -0.39 is 29.8 Å². The number of nitrogens with one attached hydrogen (secondary N) is 2. The molecule has 5 rings (SSSR count). The van der Waals surface area contributed by atoms with Gasteiger partial charge in [0.25, 0.3) is 17.7 Å². The van der Waals surface area contributed by atoms with Gasteiger partial charge in [0.1, 0.15) is 17.7 Å². The number of halogens is 1. The van der Waals surface area contributed by atoms with Crippen LogP contribution in [0.2, 0.25) is 0 Å². The van der Waals surface area contributed by atoms with Gasteiger partial charge in [-0.3, -0.25) is 14.4 Å². The van der Waals surface area contributed by atoms with Gasteiger partial charge in [0.2, 0.25) is 0 Å². The van der Waals surface area contributed by atoms with E-state index in [4.69, 9.17) is 14.2 Å². The first kappa shape index (κ1) is 25.9. The van der Waals surface area contributed by atoms with E-state index in [1.165, 1.54) is 37.7 Å². The number of carbonyl (C=O) groups is 3. The maximum absolute atomic E-state index is 14.5. The van der Waals surface area contributed by atoms with Crippen LogP contribution in [0.4, 0.5) is 4.39 Å². The van der Waals surface area contributed by atoms with Crippen LogP contribution in [0.15, 0.2) is 54.9 Å². The van der Waals surface area contributed by atoms with Crippen LogP contribution in [0.25, 0.3) is 0 Å². The molecule has 0 unspecified atom stereocenters. The average molecular weight is 536 g/mol. The number of likely N-dealkylation sites (tertiary alicyclic amines) is 1. The van der Waals surface area contributed by atoms with E-state index in [-0.39, 0.29) is 42.7 Å². The molecule has 2 aromatic carbocycles. The lowest BCUT2D eigenvalue weighted by Crippen LogP contribution is -2.58. The Balaban J connectivity index is 1.44. The summed E-state index contributed by atoms with van der Waals surface area (Å²) >= 11 is 0. The molecule has 0 aliphatic carbocycles. The fraction of sp³-hybridized carbons (Fsp3) is 0.296. The van der Waals surface area contributed by atoms with Crippen molar-refractivity contribution in [1.82, 2.24) is 25.7 Å². The summed E-state index contributed by atoms with van der Waals surface area (Å²) in [4.78, 5) is 40.4. The molecular formula is C27H26FN5O6. The molecule has 1 aromatic heterocycles. The SMILES string of the molecule is COc1ccc2cc1OCC(=O)N[C@@H]1CN(C(=O)c3ccnnc3)CC[C@@H]1Oc1cc(F)cc(c1)CNC2=O. The summed E-state index contributed by atoms with van der Waals surface area (Å²) in [5.41, 5.74) is 1.14. The third kappa shape index (κ3) is 6.06. The first-order valence-electron chi connectivity index (χ1n) is 12.3. The number of methoxy groups -OCH3 is 1. The number of hydrogen-bond acceptors (Lipinski definition) is 8. The third-order valence-electron chi connectivity index (χ3n) is 6.47. The number of piperidine rings is 1. The Morgan fingerprint density at radius 2 is 2.03 bits per heavy atom. The monoisotopic (exact) mass is 535 g/mol. The summed E-state index contributed by atoms with van der Waals surface area (Å²) in [6.07, 6.45) is 2.62. The molecule has 39 heavy (non-hydrogen) atoms. The molecule has 0 spiro atoms. The molecule has 2 aliphatic rings. The maximum Gasteiger partial charge on any atom is 0.258 e. The zero-order chi connectivity index (χ0) is 27.4. The van der Waals surface area contributed by atoms with Gasteiger partial charge in [-0.2, -0.15) is 10.2 Å².